The molecule has 1 aliphatic rings. The molecular formula is C37H45NO8. The maximum atomic E-state index is 13.0. The lowest BCUT2D eigenvalue weighted by Crippen LogP contribution is -2.34. The van der Waals surface area contributed by atoms with Crippen molar-refractivity contribution in [2.45, 2.75) is 78.0 Å². The first-order valence-corrected chi connectivity index (χ1v) is 16.0. The number of benzene rings is 3. The molecule has 1 fully saturated rings. The van der Waals surface area contributed by atoms with E-state index in [-0.39, 0.29) is 43.0 Å². The number of aryl methyl sites for hydroxylation is 1. The number of carbonyl (C=O) groups excluding carboxylic acids is 3. The number of hydrogen-bond donors (Lipinski definition) is 1. The zero-order chi connectivity index (χ0) is 32.9. The van der Waals surface area contributed by atoms with E-state index in [1.807, 2.05) is 62.4 Å². The summed E-state index contributed by atoms with van der Waals surface area (Å²) in [6, 6.07) is 20.9. The number of methoxy groups -OCH3 is 1. The molecule has 0 saturated heterocycles. The van der Waals surface area contributed by atoms with Gasteiger partial charge in [-0.2, -0.15) is 0 Å². The Labute approximate surface area is 271 Å². The molecule has 0 spiro atoms. The highest BCUT2D eigenvalue weighted by Crippen LogP contribution is 2.27. The number of rotatable bonds is 16. The maximum Gasteiger partial charge on any atom is 0.338 e. The van der Waals surface area contributed by atoms with Gasteiger partial charge in [-0.05, 0) is 106 Å². The van der Waals surface area contributed by atoms with Crippen molar-refractivity contribution in [1.29, 1.82) is 0 Å². The fourth-order valence-electron chi connectivity index (χ4n) is 5.46. The average Bonchev–Trinajstić information content (AvgIpc) is 3.51. The lowest BCUT2D eigenvalue weighted by atomic mass is 10.1. The van der Waals surface area contributed by atoms with Crippen molar-refractivity contribution in [2.24, 2.45) is 5.92 Å². The minimum atomic E-state index is -0.450. The molecule has 1 amide bonds. The average molecular weight is 632 g/mol. The second-order valence-electron chi connectivity index (χ2n) is 11.7. The van der Waals surface area contributed by atoms with Crippen LogP contribution in [0.1, 0.15) is 73.5 Å². The Morgan fingerprint density at radius 2 is 1.61 bits per heavy atom. The first-order valence-electron chi connectivity index (χ1n) is 16.0. The second-order valence-corrected chi connectivity index (χ2v) is 11.7. The molecule has 0 aromatic heterocycles. The van der Waals surface area contributed by atoms with E-state index in [0.717, 1.165) is 35.5 Å². The van der Waals surface area contributed by atoms with E-state index in [4.69, 9.17) is 23.7 Å². The van der Waals surface area contributed by atoms with E-state index in [0.29, 0.717) is 49.4 Å². The van der Waals surface area contributed by atoms with Gasteiger partial charge in [0.25, 0.3) is 0 Å². The van der Waals surface area contributed by atoms with E-state index in [1.54, 1.807) is 25.1 Å². The molecule has 3 aromatic carbocycles. The maximum absolute atomic E-state index is 13.0. The van der Waals surface area contributed by atoms with Crippen LogP contribution in [0.2, 0.25) is 0 Å². The Morgan fingerprint density at radius 1 is 0.891 bits per heavy atom. The summed E-state index contributed by atoms with van der Waals surface area (Å²) in [5.74, 6) is 1.11. The van der Waals surface area contributed by atoms with Crippen LogP contribution in [0.3, 0.4) is 0 Å². The highest BCUT2D eigenvalue weighted by Gasteiger charge is 2.31. The predicted molar refractivity (Wildman–Crippen MR) is 174 cm³/mol. The minimum absolute atomic E-state index is 0.0410. The highest BCUT2D eigenvalue weighted by molar-refractivity contribution is 5.90. The van der Waals surface area contributed by atoms with Crippen molar-refractivity contribution in [3.63, 3.8) is 0 Å². The van der Waals surface area contributed by atoms with Crippen LogP contribution in [0, 0.1) is 5.92 Å². The number of hydrogen-bond acceptors (Lipinski definition) is 8. The largest absolute Gasteiger partial charge is 0.493 e. The molecule has 0 heterocycles. The van der Waals surface area contributed by atoms with Crippen molar-refractivity contribution >= 4 is 17.8 Å². The highest BCUT2D eigenvalue weighted by atomic mass is 16.5. The van der Waals surface area contributed by atoms with E-state index in [1.165, 1.54) is 7.11 Å². The van der Waals surface area contributed by atoms with Gasteiger partial charge >= 0.3 is 11.9 Å². The molecule has 0 unspecified atom stereocenters. The number of carbonyl (C=O) groups is 3. The van der Waals surface area contributed by atoms with Crippen molar-refractivity contribution in [1.82, 2.24) is 5.32 Å². The van der Waals surface area contributed by atoms with Gasteiger partial charge in [0.2, 0.25) is 5.91 Å². The third kappa shape index (κ3) is 10.5. The molecule has 0 aliphatic heterocycles. The number of nitrogens with one attached hydrogen (secondary N) is 1. The summed E-state index contributed by atoms with van der Waals surface area (Å²) in [6.45, 7) is 6.92. The molecular weight excluding hydrogens is 586 g/mol. The summed E-state index contributed by atoms with van der Waals surface area (Å²) in [5.41, 5.74) is 3.19. The smallest absolute Gasteiger partial charge is 0.338 e. The van der Waals surface area contributed by atoms with Gasteiger partial charge in [0.15, 0.2) is 0 Å². The van der Waals surface area contributed by atoms with Gasteiger partial charge in [-0.1, -0.05) is 24.3 Å². The number of ether oxygens (including phenoxy) is 5. The molecule has 2 atom stereocenters. The van der Waals surface area contributed by atoms with E-state index in [2.05, 4.69) is 5.32 Å². The quantitative estimate of drug-likeness (QED) is 0.146. The van der Waals surface area contributed by atoms with Crippen LogP contribution in [0.25, 0.3) is 0 Å². The number of amides is 1. The Balaban J connectivity index is 1.27. The molecule has 246 valence electrons. The zero-order valence-electron chi connectivity index (χ0n) is 27.2. The van der Waals surface area contributed by atoms with Crippen LogP contribution in [0.5, 0.6) is 17.2 Å². The fourth-order valence-corrected chi connectivity index (χ4v) is 5.46. The van der Waals surface area contributed by atoms with Gasteiger partial charge in [-0.15, -0.1) is 0 Å². The van der Waals surface area contributed by atoms with Gasteiger partial charge < -0.3 is 29.0 Å². The van der Waals surface area contributed by atoms with Crippen molar-refractivity contribution in [3.8, 4) is 17.2 Å². The van der Waals surface area contributed by atoms with Crippen molar-refractivity contribution in [3.05, 3.63) is 89.0 Å². The minimum Gasteiger partial charge on any atom is -0.493 e. The Morgan fingerprint density at radius 3 is 2.30 bits per heavy atom. The first kappa shape index (κ1) is 34.3. The molecule has 0 radical (unpaired) electrons. The van der Waals surface area contributed by atoms with Gasteiger partial charge in [-0.25, -0.2) is 4.79 Å². The van der Waals surface area contributed by atoms with Gasteiger partial charge in [0.1, 0.15) is 23.9 Å². The van der Waals surface area contributed by atoms with Gasteiger partial charge in [0.05, 0.1) is 44.3 Å². The van der Waals surface area contributed by atoms with Crippen LogP contribution < -0.4 is 19.5 Å². The van der Waals surface area contributed by atoms with E-state index < -0.39 is 5.97 Å². The van der Waals surface area contributed by atoms with Crippen LogP contribution in [0.15, 0.2) is 66.7 Å². The van der Waals surface area contributed by atoms with E-state index >= 15 is 0 Å². The zero-order valence-corrected chi connectivity index (χ0v) is 27.2. The third-order valence-electron chi connectivity index (χ3n) is 7.75. The summed E-state index contributed by atoms with van der Waals surface area (Å²) in [7, 11) is 1.38. The number of esters is 2. The molecule has 3 aromatic rings. The summed E-state index contributed by atoms with van der Waals surface area (Å²) >= 11 is 0. The molecule has 1 N–H and O–H groups in total. The SMILES string of the molecule is CCOC(=O)c1ccc(OCCCc2ccc(OCc3ccc(OC(C)C)cc3)cc2)c(CC(=O)N[C@H]2CC[C@@H](C(=O)OC)C2)c1. The standard InChI is InChI=1S/C37H45NO8/c1-5-43-37(41)28-13-19-34(30(21-28)23-35(39)38-31-14-12-29(22-31)36(40)42-4)44-20-6-7-26-8-15-32(16-9-26)45-24-27-10-17-33(18-11-27)46-25(2)3/h8-11,13,15-19,21,25,29,31H,5-7,12,14,20,22-24H2,1-4H3,(H,38,39)/t29-,31+/m1/s1. The predicted octanol–water partition coefficient (Wildman–Crippen LogP) is 6.24. The topological polar surface area (TPSA) is 109 Å². The second kappa shape index (κ2) is 17.2. The molecule has 1 aliphatic carbocycles. The van der Waals surface area contributed by atoms with E-state index in [9.17, 15) is 14.4 Å². The normalized spacial score (nSPS) is 15.7. The van der Waals surface area contributed by atoms with Crippen LogP contribution in [-0.4, -0.2) is 50.3 Å². The molecule has 1 saturated carbocycles. The molecule has 4 rings (SSSR count). The summed E-state index contributed by atoms with van der Waals surface area (Å²) in [4.78, 5) is 37.2. The Kier molecular flexibility index (Phi) is 12.9. The first-order chi connectivity index (χ1) is 22.2. The van der Waals surface area contributed by atoms with Crippen LogP contribution in [0.4, 0.5) is 0 Å². The molecule has 0 bridgehead atoms. The van der Waals surface area contributed by atoms with Gasteiger partial charge in [0, 0.05) is 11.6 Å². The van der Waals surface area contributed by atoms with Crippen molar-refractivity contribution < 1.29 is 38.1 Å². The molecule has 9 nitrogen and oxygen atoms in total. The summed E-state index contributed by atoms with van der Waals surface area (Å²) in [5, 5.41) is 3.02. The molecule has 46 heavy (non-hydrogen) atoms. The fraction of sp³-hybridized carbons (Fsp3) is 0.432. The van der Waals surface area contributed by atoms with Crippen LogP contribution >= 0.6 is 0 Å². The Bertz CT molecular complexity index is 1430. The van der Waals surface area contributed by atoms with Crippen LogP contribution in [-0.2, 0) is 38.5 Å². The lowest BCUT2D eigenvalue weighted by molar-refractivity contribution is -0.145. The monoisotopic (exact) mass is 631 g/mol. The van der Waals surface area contributed by atoms with Gasteiger partial charge in [-0.3, -0.25) is 9.59 Å². The summed E-state index contributed by atoms with van der Waals surface area (Å²) < 4.78 is 27.7. The van der Waals surface area contributed by atoms with Crippen molar-refractivity contribution in [2.75, 3.05) is 20.3 Å². The summed E-state index contributed by atoms with van der Waals surface area (Å²) in [6.07, 6.45) is 3.69. The third-order valence-corrected chi connectivity index (χ3v) is 7.75. The molecule has 9 heteroatoms. The Hall–Kier alpha value is -4.53. The lowest BCUT2D eigenvalue weighted by Gasteiger charge is -2.16.